The summed E-state index contributed by atoms with van der Waals surface area (Å²) in [4.78, 5) is 12.9. The molecule has 4 heteroatoms. The van der Waals surface area contributed by atoms with Crippen LogP contribution in [0.15, 0.2) is 10.8 Å². The fraction of sp³-hybridized carbons (Fsp3) is 0.625. The summed E-state index contributed by atoms with van der Waals surface area (Å²) in [5.74, 6) is -0.449. The lowest BCUT2D eigenvalue weighted by molar-refractivity contribution is -0.126. The van der Waals surface area contributed by atoms with Gasteiger partial charge in [-0.3, -0.25) is 4.79 Å². The number of hydrogen-bond acceptors (Lipinski definition) is 2. The molecule has 1 N–H and O–H groups in total. The van der Waals surface area contributed by atoms with Gasteiger partial charge in [0.2, 0.25) is 0 Å². The summed E-state index contributed by atoms with van der Waals surface area (Å²) in [7, 11) is 0. The zero-order valence-corrected chi connectivity index (χ0v) is 8.35. The van der Waals surface area contributed by atoms with Crippen LogP contribution < -0.4 is 0 Å². The van der Waals surface area contributed by atoms with Crippen molar-refractivity contribution < 1.29 is 9.90 Å². The van der Waals surface area contributed by atoms with E-state index >= 15 is 0 Å². The maximum Gasteiger partial charge on any atom is 0.268 e. The van der Waals surface area contributed by atoms with E-state index in [4.69, 9.17) is 16.7 Å². The highest BCUT2D eigenvalue weighted by Gasteiger charge is 2.15. The Hall–Kier alpha value is -0.700. The van der Waals surface area contributed by atoms with Crippen LogP contribution in [0.3, 0.4) is 0 Å². The molecule has 0 heterocycles. The Morgan fingerprint density at radius 3 is 2.08 bits per heavy atom. The number of amides is 1. The van der Waals surface area contributed by atoms with Crippen molar-refractivity contribution in [2.75, 3.05) is 13.1 Å². The number of hydrogen-bond donors (Lipinski definition) is 1. The van der Waals surface area contributed by atoms with Gasteiger partial charge in [0.05, 0.1) is 0 Å². The third-order valence-corrected chi connectivity index (χ3v) is 1.99. The number of halogens is 1. The van der Waals surface area contributed by atoms with Gasteiger partial charge in [0, 0.05) is 13.1 Å². The Bertz CT molecular complexity index is 193. The van der Waals surface area contributed by atoms with E-state index in [0.717, 1.165) is 0 Å². The molecule has 70 valence electrons. The molecule has 0 saturated heterocycles. The number of rotatable bonds is 3. The van der Waals surface area contributed by atoms with Crippen LogP contribution in [0.2, 0.25) is 0 Å². The van der Waals surface area contributed by atoms with Crippen molar-refractivity contribution in [1.29, 1.82) is 0 Å². The first kappa shape index (κ1) is 11.3. The van der Waals surface area contributed by atoms with Crippen molar-refractivity contribution in [2.45, 2.75) is 20.8 Å². The zero-order chi connectivity index (χ0) is 9.72. The molecule has 0 rings (SSSR count). The minimum Gasteiger partial charge on any atom is -0.511 e. The number of carbonyl (C=O) groups excluding carboxylic acids is 1. The summed E-state index contributed by atoms with van der Waals surface area (Å²) in [6, 6.07) is 0. The number of aliphatic hydroxyl groups is 1. The lowest BCUT2D eigenvalue weighted by Crippen LogP contribution is -2.30. The fourth-order valence-electron chi connectivity index (χ4n) is 0.804. The zero-order valence-electron chi connectivity index (χ0n) is 7.59. The molecular weight excluding hydrogens is 178 g/mol. The minimum atomic E-state index is -0.318. The second kappa shape index (κ2) is 5.04. The van der Waals surface area contributed by atoms with E-state index in [0.29, 0.717) is 13.1 Å². The molecule has 0 radical (unpaired) electrons. The summed E-state index contributed by atoms with van der Waals surface area (Å²) >= 11 is 5.56. The van der Waals surface area contributed by atoms with Gasteiger partial charge in [-0.05, 0) is 20.8 Å². The number of likely N-dealkylation sites (N-methyl/N-ethyl adjacent to an activating group) is 1. The lowest BCUT2D eigenvalue weighted by atomic mass is 10.4. The summed E-state index contributed by atoms with van der Waals surface area (Å²) < 4.78 is 0. The van der Waals surface area contributed by atoms with Gasteiger partial charge in [-0.2, -0.15) is 0 Å². The smallest absolute Gasteiger partial charge is 0.268 e. The normalized spacial score (nSPS) is 12.3. The molecule has 3 nitrogen and oxygen atoms in total. The van der Waals surface area contributed by atoms with Gasteiger partial charge in [0.25, 0.3) is 5.91 Å². The van der Waals surface area contributed by atoms with Crippen molar-refractivity contribution in [1.82, 2.24) is 4.90 Å². The predicted molar refractivity (Wildman–Crippen MR) is 49.1 cm³/mol. The first-order chi connectivity index (χ1) is 5.54. The Morgan fingerprint density at radius 1 is 1.42 bits per heavy atom. The second-order valence-corrected chi connectivity index (χ2v) is 2.75. The lowest BCUT2D eigenvalue weighted by Gasteiger charge is -2.17. The van der Waals surface area contributed by atoms with Crippen molar-refractivity contribution in [3.63, 3.8) is 0 Å². The molecule has 0 saturated carbocycles. The molecule has 0 bridgehead atoms. The van der Waals surface area contributed by atoms with E-state index in [2.05, 4.69) is 0 Å². The van der Waals surface area contributed by atoms with Crippen LogP contribution in [0.25, 0.3) is 0 Å². The average Bonchev–Trinajstić information content (AvgIpc) is 2.05. The standard InChI is InChI=1S/C8H14ClNO2/c1-4-10(5-2)8(12)7(9)6(3)11/h11H,4-5H2,1-3H3. The van der Waals surface area contributed by atoms with Gasteiger partial charge in [-0.15, -0.1) is 0 Å². The van der Waals surface area contributed by atoms with Crippen LogP contribution in [0, 0.1) is 0 Å². The quantitative estimate of drug-likeness (QED) is 0.547. The van der Waals surface area contributed by atoms with E-state index in [1.165, 1.54) is 6.92 Å². The maximum atomic E-state index is 11.3. The molecule has 0 aromatic heterocycles. The van der Waals surface area contributed by atoms with E-state index in [1.54, 1.807) is 4.90 Å². The van der Waals surface area contributed by atoms with Crippen molar-refractivity contribution in [2.24, 2.45) is 0 Å². The fourth-order valence-corrected chi connectivity index (χ4v) is 0.924. The maximum absolute atomic E-state index is 11.3. The van der Waals surface area contributed by atoms with Gasteiger partial charge in [0.15, 0.2) is 0 Å². The Labute approximate surface area is 77.6 Å². The van der Waals surface area contributed by atoms with Crippen LogP contribution in [0.1, 0.15) is 20.8 Å². The summed E-state index contributed by atoms with van der Waals surface area (Å²) in [5.41, 5.74) is 0. The molecule has 1 amide bonds. The Morgan fingerprint density at radius 2 is 1.83 bits per heavy atom. The van der Waals surface area contributed by atoms with Gasteiger partial charge in [-0.1, -0.05) is 11.6 Å². The van der Waals surface area contributed by atoms with Crippen LogP contribution >= 0.6 is 11.6 Å². The van der Waals surface area contributed by atoms with Gasteiger partial charge in [0.1, 0.15) is 10.8 Å². The predicted octanol–water partition coefficient (Wildman–Crippen LogP) is 1.88. The molecular formula is C8H14ClNO2. The molecule has 0 atom stereocenters. The molecule has 0 aromatic carbocycles. The molecule has 0 aromatic rings. The summed E-state index contributed by atoms with van der Waals surface area (Å²) in [6.07, 6.45) is 0. The number of nitrogens with zero attached hydrogens (tertiary/aromatic N) is 1. The topological polar surface area (TPSA) is 40.5 Å². The first-order valence-corrected chi connectivity index (χ1v) is 4.26. The molecule has 0 spiro atoms. The van der Waals surface area contributed by atoms with Crippen LogP contribution in [0.4, 0.5) is 0 Å². The molecule has 12 heavy (non-hydrogen) atoms. The molecule has 0 aliphatic carbocycles. The number of allylic oxidation sites excluding steroid dienone is 1. The van der Waals surface area contributed by atoms with Gasteiger partial charge >= 0.3 is 0 Å². The first-order valence-electron chi connectivity index (χ1n) is 3.89. The molecule has 0 unspecified atom stereocenters. The monoisotopic (exact) mass is 191 g/mol. The van der Waals surface area contributed by atoms with E-state index in [9.17, 15) is 4.79 Å². The van der Waals surface area contributed by atoms with E-state index in [1.807, 2.05) is 13.8 Å². The second-order valence-electron chi connectivity index (χ2n) is 2.38. The van der Waals surface area contributed by atoms with Crippen LogP contribution in [-0.2, 0) is 4.79 Å². The molecule has 0 aliphatic rings. The van der Waals surface area contributed by atoms with Crippen molar-refractivity contribution in [3.05, 3.63) is 10.8 Å². The van der Waals surface area contributed by atoms with Gasteiger partial charge < -0.3 is 10.0 Å². The summed E-state index contributed by atoms with van der Waals surface area (Å²) in [6.45, 7) is 6.30. The van der Waals surface area contributed by atoms with Crippen molar-refractivity contribution >= 4 is 17.5 Å². The third kappa shape index (κ3) is 2.74. The minimum absolute atomic E-state index is 0.0984. The Kier molecular flexibility index (Phi) is 4.74. The Balaban J connectivity index is 4.48. The highest BCUT2D eigenvalue weighted by molar-refractivity contribution is 6.42. The van der Waals surface area contributed by atoms with E-state index in [-0.39, 0.29) is 16.7 Å². The SMILES string of the molecule is CCN(CC)C(=O)C(Cl)=C(C)O. The average molecular weight is 192 g/mol. The largest absolute Gasteiger partial charge is 0.511 e. The van der Waals surface area contributed by atoms with E-state index < -0.39 is 0 Å². The number of aliphatic hydroxyl groups excluding tert-OH is 1. The third-order valence-electron chi connectivity index (χ3n) is 1.56. The highest BCUT2D eigenvalue weighted by Crippen LogP contribution is 2.10. The summed E-state index contributed by atoms with van der Waals surface area (Å²) in [5, 5.41) is 8.83. The van der Waals surface area contributed by atoms with Crippen LogP contribution in [-0.4, -0.2) is 29.0 Å². The molecule has 0 aliphatic heterocycles. The van der Waals surface area contributed by atoms with Crippen molar-refractivity contribution in [3.8, 4) is 0 Å². The van der Waals surface area contributed by atoms with Crippen LogP contribution in [0.5, 0.6) is 0 Å². The number of carbonyl (C=O) groups is 1. The van der Waals surface area contributed by atoms with Gasteiger partial charge in [-0.25, -0.2) is 0 Å². The molecule has 0 fully saturated rings. The highest BCUT2D eigenvalue weighted by atomic mass is 35.5.